The fourth-order valence-corrected chi connectivity index (χ4v) is 3.13. The van der Waals surface area contributed by atoms with E-state index in [9.17, 15) is 4.39 Å². The largest absolute Gasteiger partial charge is 0.495 e. The Hall–Kier alpha value is -2.80. The van der Waals surface area contributed by atoms with Crippen LogP contribution in [0.5, 0.6) is 5.75 Å². The van der Waals surface area contributed by atoms with Gasteiger partial charge in [-0.05, 0) is 12.1 Å². The Balaban J connectivity index is 1.62. The molecule has 0 atom stereocenters. The van der Waals surface area contributed by atoms with Crippen molar-refractivity contribution >= 4 is 17.3 Å². The summed E-state index contributed by atoms with van der Waals surface area (Å²) in [6, 6.07) is 4.91. The van der Waals surface area contributed by atoms with Gasteiger partial charge in [0.25, 0.3) is 0 Å². The molecule has 0 fully saturated rings. The molecule has 3 heterocycles. The molecule has 0 unspecified atom stereocenters. The van der Waals surface area contributed by atoms with Crippen LogP contribution in [0.4, 0.5) is 10.1 Å². The predicted molar refractivity (Wildman–Crippen MR) is 95.8 cm³/mol. The SMILES string of the molecule is COc1cc(N2CCc3nc(-c4ncccn4)ncc3C2)cc(F)c1Cl. The van der Waals surface area contributed by atoms with Gasteiger partial charge in [-0.2, -0.15) is 0 Å². The number of hydrogen-bond donors (Lipinski definition) is 0. The van der Waals surface area contributed by atoms with Crippen molar-refractivity contribution < 1.29 is 9.13 Å². The highest BCUT2D eigenvalue weighted by molar-refractivity contribution is 6.32. The molecule has 6 nitrogen and oxygen atoms in total. The van der Waals surface area contributed by atoms with Crippen molar-refractivity contribution in [1.29, 1.82) is 0 Å². The molecule has 0 spiro atoms. The van der Waals surface area contributed by atoms with E-state index in [1.807, 2.05) is 4.90 Å². The van der Waals surface area contributed by atoms with Gasteiger partial charge in [0.15, 0.2) is 11.6 Å². The second-order valence-corrected chi connectivity index (χ2v) is 6.23. The number of nitrogens with zero attached hydrogens (tertiary/aromatic N) is 5. The number of halogens is 2. The summed E-state index contributed by atoms with van der Waals surface area (Å²) >= 11 is 5.91. The molecule has 0 radical (unpaired) electrons. The second kappa shape index (κ2) is 6.84. The number of methoxy groups -OCH3 is 1. The molecule has 1 aliphatic heterocycles. The van der Waals surface area contributed by atoms with Crippen LogP contribution in [-0.2, 0) is 13.0 Å². The van der Waals surface area contributed by atoms with Crippen molar-refractivity contribution in [1.82, 2.24) is 19.9 Å². The summed E-state index contributed by atoms with van der Waals surface area (Å²) < 4.78 is 19.2. The molecule has 0 amide bonds. The minimum atomic E-state index is -0.500. The van der Waals surface area contributed by atoms with E-state index in [1.54, 1.807) is 30.7 Å². The van der Waals surface area contributed by atoms with Crippen LogP contribution in [0.25, 0.3) is 11.6 Å². The van der Waals surface area contributed by atoms with Crippen molar-refractivity contribution in [2.45, 2.75) is 13.0 Å². The Morgan fingerprint density at radius 2 is 1.96 bits per heavy atom. The van der Waals surface area contributed by atoms with E-state index in [0.717, 1.165) is 11.3 Å². The topological polar surface area (TPSA) is 64.0 Å². The average molecular weight is 372 g/mol. The third kappa shape index (κ3) is 3.06. The van der Waals surface area contributed by atoms with Gasteiger partial charge in [0.2, 0.25) is 0 Å². The predicted octanol–water partition coefficient (Wildman–Crippen LogP) is 3.30. The van der Waals surface area contributed by atoms with Crippen LogP contribution in [0.1, 0.15) is 11.3 Å². The molecule has 0 saturated heterocycles. The summed E-state index contributed by atoms with van der Waals surface area (Å²) in [6.07, 6.45) is 5.82. The van der Waals surface area contributed by atoms with E-state index in [0.29, 0.717) is 42.6 Å². The first-order chi connectivity index (χ1) is 12.7. The third-order valence-corrected chi connectivity index (χ3v) is 4.63. The summed E-state index contributed by atoms with van der Waals surface area (Å²) in [5.41, 5.74) is 2.66. The van der Waals surface area contributed by atoms with Crippen molar-refractivity contribution in [3.63, 3.8) is 0 Å². The Bertz CT molecular complexity index is 954. The molecule has 2 aromatic heterocycles. The normalized spacial score (nSPS) is 13.4. The molecular formula is C18H15ClFN5O. The lowest BCUT2D eigenvalue weighted by molar-refractivity contribution is 0.411. The number of aromatic nitrogens is 4. The smallest absolute Gasteiger partial charge is 0.197 e. The van der Waals surface area contributed by atoms with Gasteiger partial charge < -0.3 is 9.64 Å². The van der Waals surface area contributed by atoms with Gasteiger partial charge in [0.1, 0.15) is 16.6 Å². The highest BCUT2D eigenvalue weighted by atomic mass is 35.5. The number of anilines is 1. The summed E-state index contributed by atoms with van der Waals surface area (Å²) in [7, 11) is 1.47. The van der Waals surface area contributed by atoms with Gasteiger partial charge in [0.05, 0.1) is 12.8 Å². The first-order valence-electron chi connectivity index (χ1n) is 8.06. The molecule has 3 aromatic rings. The van der Waals surface area contributed by atoms with Gasteiger partial charge in [-0.25, -0.2) is 24.3 Å². The summed E-state index contributed by atoms with van der Waals surface area (Å²) in [5.74, 6) is 0.833. The zero-order valence-electron chi connectivity index (χ0n) is 14.0. The highest BCUT2D eigenvalue weighted by Gasteiger charge is 2.21. The van der Waals surface area contributed by atoms with Crippen molar-refractivity contribution in [3.05, 3.63) is 58.9 Å². The highest BCUT2D eigenvalue weighted by Crippen LogP contribution is 2.34. The molecule has 1 aromatic carbocycles. The van der Waals surface area contributed by atoms with Gasteiger partial charge in [-0.3, -0.25) is 0 Å². The lowest BCUT2D eigenvalue weighted by atomic mass is 10.1. The Kier molecular flexibility index (Phi) is 4.38. The summed E-state index contributed by atoms with van der Waals surface area (Å²) in [6.45, 7) is 1.28. The van der Waals surface area contributed by atoms with Crippen LogP contribution < -0.4 is 9.64 Å². The van der Waals surface area contributed by atoms with E-state index in [4.69, 9.17) is 16.3 Å². The maximum atomic E-state index is 14.0. The van der Waals surface area contributed by atoms with Crippen LogP contribution in [0.3, 0.4) is 0 Å². The Morgan fingerprint density at radius 1 is 1.15 bits per heavy atom. The summed E-state index contributed by atoms with van der Waals surface area (Å²) in [5, 5.41) is -0.00973. The fraction of sp³-hybridized carbons (Fsp3) is 0.222. The van der Waals surface area contributed by atoms with Crippen molar-refractivity contribution in [2.24, 2.45) is 0 Å². The number of fused-ring (bicyclic) bond motifs is 1. The lowest BCUT2D eigenvalue weighted by Crippen LogP contribution is -2.31. The Labute approximate surface area is 154 Å². The van der Waals surface area contributed by atoms with Crippen molar-refractivity contribution in [3.8, 4) is 17.4 Å². The van der Waals surface area contributed by atoms with E-state index >= 15 is 0 Å². The van der Waals surface area contributed by atoms with Gasteiger partial charge in [-0.1, -0.05) is 11.6 Å². The van der Waals surface area contributed by atoms with E-state index in [1.165, 1.54) is 13.2 Å². The Morgan fingerprint density at radius 3 is 2.73 bits per heavy atom. The third-order valence-electron chi connectivity index (χ3n) is 4.26. The fourth-order valence-electron chi connectivity index (χ4n) is 2.94. The lowest BCUT2D eigenvalue weighted by Gasteiger charge is -2.30. The van der Waals surface area contributed by atoms with Gasteiger partial charge in [-0.15, -0.1) is 0 Å². The van der Waals surface area contributed by atoms with Crippen LogP contribution in [-0.4, -0.2) is 33.6 Å². The quantitative estimate of drug-likeness (QED) is 0.704. The van der Waals surface area contributed by atoms with Crippen LogP contribution in [0.2, 0.25) is 5.02 Å². The van der Waals surface area contributed by atoms with E-state index in [2.05, 4.69) is 19.9 Å². The molecule has 0 bridgehead atoms. The average Bonchev–Trinajstić information content (AvgIpc) is 2.69. The second-order valence-electron chi connectivity index (χ2n) is 5.85. The first-order valence-corrected chi connectivity index (χ1v) is 8.43. The van der Waals surface area contributed by atoms with Crippen LogP contribution in [0, 0.1) is 5.82 Å². The minimum absolute atomic E-state index is 0.00973. The maximum Gasteiger partial charge on any atom is 0.197 e. The maximum absolute atomic E-state index is 14.0. The van der Waals surface area contributed by atoms with Gasteiger partial charge in [0, 0.05) is 55.4 Å². The zero-order valence-corrected chi connectivity index (χ0v) is 14.7. The van der Waals surface area contributed by atoms with E-state index in [-0.39, 0.29) is 5.02 Å². The molecule has 0 N–H and O–H groups in total. The molecular weight excluding hydrogens is 357 g/mol. The molecule has 26 heavy (non-hydrogen) atoms. The first kappa shape index (κ1) is 16.7. The molecule has 4 rings (SSSR count). The number of rotatable bonds is 3. The number of hydrogen-bond acceptors (Lipinski definition) is 6. The van der Waals surface area contributed by atoms with Crippen LogP contribution >= 0.6 is 11.6 Å². The van der Waals surface area contributed by atoms with E-state index < -0.39 is 5.82 Å². The zero-order chi connectivity index (χ0) is 18.1. The van der Waals surface area contributed by atoms with Crippen LogP contribution in [0.15, 0.2) is 36.8 Å². The molecule has 8 heteroatoms. The molecule has 1 aliphatic rings. The minimum Gasteiger partial charge on any atom is -0.495 e. The number of ether oxygens (including phenoxy) is 1. The monoisotopic (exact) mass is 371 g/mol. The molecule has 0 aliphatic carbocycles. The summed E-state index contributed by atoms with van der Waals surface area (Å²) in [4.78, 5) is 19.4. The van der Waals surface area contributed by atoms with Gasteiger partial charge >= 0.3 is 0 Å². The number of benzene rings is 1. The van der Waals surface area contributed by atoms with Crippen molar-refractivity contribution in [2.75, 3.05) is 18.6 Å². The molecule has 0 saturated carbocycles. The standard InChI is InChI=1S/C18H15ClFN5O/c1-26-15-8-12(7-13(20)16(15)19)25-6-3-14-11(10-25)9-23-18(24-14)17-21-4-2-5-22-17/h2,4-5,7-9H,3,6,10H2,1H3. The molecule has 132 valence electrons.